The lowest BCUT2D eigenvalue weighted by Crippen LogP contribution is -2.12. The topological polar surface area (TPSA) is 116 Å². The van der Waals surface area contributed by atoms with E-state index in [1.807, 2.05) is 30.3 Å². The van der Waals surface area contributed by atoms with Gasteiger partial charge in [-0.1, -0.05) is 23.4 Å². The highest BCUT2D eigenvalue weighted by molar-refractivity contribution is 7.99. The van der Waals surface area contributed by atoms with Crippen LogP contribution >= 0.6 is 23.4 Å². The van der Waals surface area contributed by atoms with E-state index in [1.165, 1.54) is 37.1 Å². The van der Waals surface area contributed by atoms with Crippen LogP contribution in [0, 0.1) is 0 Å². The maximum Gasteiger partial charge on any atom is 0.413 e. The van der Waals surface area contributed by atoms with Crippen molar-refractivity contribution in [3.8, 4) is 5.75 Å². The second-order valence-corrected chi connectivity index (χ2v) is 8.21. The number of anilines is 2. The van der Waals surface area contributed by atoms with Crippen LogP contribution in [0.1, 0.15) is 10.4 Å². The second-order valence-electron chi connectivity index (χ2n) is 6.62. The molecule has 32 heavy (non-hydrogen) atoms. The molecule has 0 unspecified atom stereocenters. The number of aromatic nitrogens is 2. The van der Waals surface area contributed by atoms with E-state index >= 15 is 0 Å². The summed E-state index contributed by atoms with van der Waals surface area (Å²) in [5.41, 5.74) is 2.17. The third-order valence-corrected chi connectivity index (χ3v) is 5.64. The number of nitrogens with one attached hydrogen (secondary N) is 3. The van der Waals surface area contributed by atoms with Gasteiger partial charge in [-0.3, -0.25) is 10.1 Å². The number of nitrogens with zero attached hydrogens (tertiary/aromatic N) is 1. The van der Waals surface area contributed by atoms with Crippen LogP contribution in [-0.2, 0) is 4.74 Å². The maximum absolute atomic E-state index is 12.4. The zero-order valence-electron chi connectivity index (χ0n) is 16.7. The van der Waals surface area contributed by atoms with Gasteiger partial charge in [0.1, 0.15) is 5.75 Å². The Bertz CT molecular complexity index is 1310. The molecular formula is C22H17ClN4O4S. The Hall–Kier alpha value is -3.69. The summed E-state index contributed by atoms with van der Waals surface area (Å²) >= 11 is 7.43. The lowest BCUT2D eigenvalue weighted by atomic mass is 10.2. The van der Waals surface area contributed by atoms with Gasteiger partial charge in [-0.15, -0.1) is 0 Å². The average Bonchev–Trinajstić information content (AvgIpc) is 3.18. The molecule has 0 aliphatic heterocycles. The molecule has 1 heterocycles. The molecule has 2 amide bonds. The van der Waals surface area contributed by atoms with Crippen molar-refractivity contribution < 1.29 is 19.4 Å². The number of phenols is 1. The highest BCUT2D eigenvalue weighted by Crippen LogP contribution is 2.31. The molecule has 0 saturated heterocycles. The second kappa shape index (κ2) is 9.21. The van der Waals surface area contributed by atoms with Crippen molar-refractivity contribution in [3.05, 3.63) is 71.2 Å². The van der Waals surface area contributed by atoms with Crippen LogP contribution in [0.5, 0.6) is 5.75 Å². The first-order valence-electron chi connectivity index (χ1n) is 9.34. The van der Waals surface area contributed by atoms with Crippen LogP contribution in [0.25, 0.3) is 11.0 Å². The molecule has 8 nitrogen and oxygen atoms in total. The van der Waals surface area contributed by atoms with Crippen molar-refractivity contribution in [3.63, 3.8) is 0 Å². The Morgan fingerprint density at radius 2 is 1.78 bits per heavy atom. The molecule has 0 spiro atoms. The number of methoxy groups -OCH3 is 1. The van der Waals surface area contributed by atoms with Gasteiger partial charge in [0.15, 0.2) is 0 Å². The zero-order valence-corrected chi connectivity index (χ0v) is 18.3. The van der Waals surface area contributed by atoms with Gasteiger partial charge in [0.25, 0.3) is 5.91 Å². The van der Waals surface area contributed by atoms with E-state index in [2.05, 4.69) is 25.3 Å². The molecule has 1 aromatic heterocycles. The lowest BCUT2D eigenvalue weighted by molar-refractivity contribution is 0.102. The van der Waals surface area contributed by atoms with Crippen LogP contribution in [0.4, 0.5) is 16.4 Å². The van der Waals surface area contributed by atoms with E-state index in [9.17, 15) is 14.7 Å². The Morgan fingerprint density at radius 1 is 1.03 bits per heavy atom. The van der Waals surface area contributed by atoms with E-state index < -0.39 is 12.0 Å². The van der Waals surface area contributed by atoms with Gasteiger partial charge in [0, 0.05) is 20.5 Å². The summed E-state index contributed by atoms with van der Waals surface area (Å²) in [5.74, 6) is -0.287. The number of benzene rings is 3. The predicted octanol–water partition coefficient (Wildman–Crippen LogP) is 5.50. The van der Waals surface area contributed by atoms with Gasteiger partial charge in [-0.05, 0) is 60.7 Å². The zero-order chi connectivity index (χ0) is 22.7. The number of aromatic amines is 1. The van der Waals surface area contributed by atoms with E-state index in [0.29, 0.717) is 22.2 Å². The van der Waals surface area contributed by atoms with Gasteiger partial charge in [0.2, 0.25) is 5.95 Å². The van der Waals surface area contributed by atoms with Crippen LogP contribution in [0.3, 0.4) is 0 Å². The molecule has 162 valence electrons. The SMILES string of the molecule is COC(=O)Nc1nc2ccc(Sc3ccc(NC(=O)c4cc(Cl)ccc4O)cc3)cc2[nH]1. The van der Waals surface area contributed by atoms with Gasteiger partial charge >= 0.3 is 6.09 Å². The number of H-pyrrole nitrogens is 1. The number of imidazole rings is 1. The number of hydrogen-bond donors (Lipinski definition) is 4. The van der Waals surface area contributed by atoms with Crippen molar-refractivity contribution in [1.82, 2.24) is 9.97 Å². The molecule has 3 aromatic carbocycles. The summed E-state index contributed by atoms with van der Waals surface area (Å²) < 4.78 is 4.56. The molecule has 0 aliphatic carbocycles. The summed E-state index contributed by atoms with van der Waals surface area (Å²) in [4.78, 5) is 33.0. The van der Waals surface area contributed by atoms with Crippen molar-refractivity contribution in [2.45, 2.75) is 9.79 Å². The molecule has 0 saturated carbocycles. The summed E-state index contributed by atoms with van der Waals surface area (Å²) in [6.07, 6.45) is -0.601. The summed E-state index contributed by atoms with van der Waals surface area (Å²) in [5, 5.41) is 15.5. The highest BCUT2D eigenvalue weighted by Gasteiger charge is 2.12. The monoisotopic (exact) mass is 468 g/mol. The molecule has 0 fully saturated rings. The van der Waals surface area contributed by atoms with Crippen molar-refractivity contribution >= 4 is 58.0 Å². The van der Waals surface area contributed by atoms with Crippen LogP contribution in [-0.4, -0.2) is 34.2 Å². The van der Waals surface area contributed by atoms with E-state index in [0.717, 1.165) is 15.3 Å². The third-order valence-electron chi connectivity index (χ3n) is 4.41. The predicted molar refractivity (Wildman–Crippen MR) is 124 cm³/mol. The quantitative estimate of drug-likeness (QED) is 0.307. The number of halogens is 1. The number of rotatable bonds is 5. The normalized spacial score (nSPS) is 10.7. The first kappa shape index (κ1) is 21.5. The van der Waals surface area contributed by atoms with Gasteiger partial charge in [-0.2, -0.15) is 0 Å². The lowest BCUT2D eigenvalue weighted by Gasteiger charge is -2.08. The Labute approximate surface area is 192 Å². The molecule has 4 aromatic rings. The van der Waals surface area contributed by atoms with E-state index in [4.69, 9.17) is 11.6 Å². The molecule has 10 heteroatoms. The smallest absolute Gasteiger partial charge is 0.413 e. The molecule has 4 rings (SSSR count). The average molecular weight is 469 g/mol. The van der Waals surface area contributed by atoms with Crippen LogP contribution < -0.4 is 10.6 Å². The van der Waals surface area contributed by atoms with Crippen LogP contribution in [0.2, 0.25) is 5.02 Å². The standard InChI is InChI=1S/C22H17ClN4O4S/c1-31-22(30)27-21-25-17-8-7-15(11-18(17)26-21)32-14-5-3-13(4-6-14)24-20(29)16-10-12(23)2-9-19(16)28/h2-11,28H,1H3,(H,24,29)(H2,25,26,27,30). The number of fused-ring (bicyclic) bond motifs is 1. The largest absolute Gasteiger partial charge is 0.507 e. The van der Waals surface area contributed by atoms with Crippen molar-refractivity contribution in [2.75, 3.05) is 17.7 Å². The summed E-state index contributed by atoms with van der Waals surface area (Å²) in [7, 11) is 1.28. The maximum atomic E-state index is 12.4. The Morgan fingerprint density at radius 3 is 2.53 bits per heavy atom. The fourth-order valence-corrected chi connectivity index (χ4v) is 3.92. The van der Waals surface area contributed by atoms with Crippen molar-refractivity contribution in [1.29, 1.82) is 0 Å². The molecule has 0 atom stereocenters. The number of amides is 2. The first-order chi connectivity index (χ1) is 15.4. The number of phenolic OH excluding ortho intramolecular Hbond substituents is 1. The molecule has 0 radical (unpaired) electrons. The number of aromatic hydroxyl groups is 1. The van der Waals surface area contributed by atoms with Crippen LogP contribution in [0.15, 0.2) is 70.5 Å². The molecule has 0 bridgehead atoms. The van der Waals surface area contributed by atoms with E-state index in [-0.39, 0.29) is 11.3 Å². The minimum atomic E-state index is -0.601. The number of hydrogen-bond acceptors (Lipinski definition) is 6. The minimum Gasteiger partial charge on any atom is -0.507 e. The van der Waals surface area contributed by atoms with Gasteiger partial charge in [-0.25, -0.2) is 9.78 Å². The number of ether oxygens (including phenoxy) is 1. The molecular weight excluding hydrogens is 452 g/mol. The third kappa shape index (κ3) is 4.96. The summed E-state index contributed by atoms with van der Waals surface area (Å²) in [6, 6.07) is 17.3. The fourth-order valence-electron chi connectivity index (χ4n) is 2.89. The number of carbonyl (C=O) groups excluding carboxylic acids is 2. The highest BCUT2D eigenvalue weighted by atomic mass is 35.5. The number of carbonyl (C=O) groups is 2. The Balaban J connectivity index is 1.44. The Kier molecular flexibility index (Phi) is 6.20. The first-order valence-corrected chi connectivity index (χ1v) is 10.5. The summed E-state index contributed by atoms with van der Waals surface area (Å²) in [6.45, 7) is 0. The minimum absolute atomic E-state index is 0.102. The van der Waals surface area contributed by atoms with Gasteiger partial charge in [0.05, 0.1) is 23.7 Å². The van der Waals surface area contributed by atoms with Crippen molar-refractivity contribution in [2.24, 2.45) is 0 Å². The fraction of sp³-hybridized carbons (Fsp3) is 0.0455. The van der Waals surface area contributed by atoms with Gasteiger partial charge < -0.3 is 20.1 Å². The van der Waals surface area contributed by atoms with E-state index in [1.54, 1.807) is 12.1 Å². The molecule has 0 aliphatic rings. The molecule has 4 N–H and O–H groups in total.